The van der Waals surface area contributed by atoms with Gasteiger partial charge in [0.25, 0.3) is 0 Å². The second kappa shape index (κ2) is 2.28. The molecule has 1 fully saturated rings. The average Bonchev–Trinajstić information content (AvgIpc) is 1.69. The highest BCUT2D eigenvalue weighted by molar-refractivity contribution is 4.65. The van der Waals surface area contributed by atoms with E-state index < -0.39 is 0 Å². The fraction of sp³-hybridized carbons (Fsp3) is 0.800. The van der Waals surface area contributed by atoms with Crippen molar-refractivity contribution in [3.05, 3.63) is 6.61 Å². The van der Waals surface area contributed by atoms with Gasteiger partial charge in [0.05, 0.1) is 19.3 Å². The zero-order chi connectivity index (χ0) is 5.11. The Labute approximate surface area is 43.1 Å². The SMILES string of the molecule is OC1CC[CH]OC1. The van der Waals surface area contributed by atoms with Crippen LogP contribution in [0.2, 0.25) is 0 Å². The van der Waals surface area contributed by atoms with Crippen molar-refractivity contribution in [2.24, 2.45) is 0 Å². The van der Waals surface area contributed by atoms with Crippen molar-refractivity contribution in [1.29, 1.82) is 0 Å². The zero-order valence-corrected chi connectivity index (χ0v) is 4.13. The van der Waals surface area contributed by atoms with Gasteiger partial charge in [-0.1, -0.05) is 0 Å². The smallest absolute Gasteiger partial charge is 0.0839 e. The van der Waals surface area contributed by atoms with Crippen LogP contribution in [0.4, 0.5) is 0 Å². The Morgan fingerprint density at radius 2 is 2.57 bits per heavy atom. The van der Waals surface area contributed by atoms with E-state index in [0.717, 1.165) is 12.8 Å². The number of hydrogen-bond acceptors (Lipinski definition) is 2. The second-order valence-corrected chi connectivity index (χ2v) is 1.73. The Morgan fingerprint density at radius 1 is 1.71 bits per heavy atom. The first-order chi connectivity index (χ1) is 3.39. The third kappa shape index (κ3) is 1.45. The minimum atomic E-state index is -0.218. The van der Waals surface area contributed by atoms with E-state index in [1.54, 1.807) is 6.61 Å². The Bertz CT molecular complexity index is 48.0. The molecule has 1 unspecified atom stereocenters. The van der Waals surface area contributed by atoms with Crippen LogP contribution in [0.5, 0.6) is 0 Å². The topological polar surface area (TPSA) is 29.5 Å². The summed E-state index contributed by atoms with van der Waals surface area (Å²) in [6, 6.07) is 0. The van der Waals surface area contributed by atoms with Crippen molar-refractivity contribution >= 4 is 0 Å². The summed E-state index contributed by atoms with van der Waals surface area (Å²) in [5.74, 6) is 0. The highest BCUT2D eigenvalue weighted by Crippen LogP contribution is 2.07. The Kier molecular flexibility index (Phi) is 1.65. The number of hydrogen-bond donors (Lipinski definition) is 1. The molecule has 0 spiro atoms. The highest BCUT2D eigenvalue weighted by atomic mass is 16.5. The third-order valence-electron chi connectivity index (χ3n) is 1.02. The predicted octanol–water partition coefficient (Wildman–Crippen LogP) is 0.319. The lowest BCUT2D eigenvalue weighted by Gasteiger charge is -2.15. The molecule has 1 aliphatic rings. The molecule has 7 heavy (non-hydrogen) atoms. The Balaban J connectivity index is 2.12. The van der Waals surface area contributed by atoms with Crippen molar-refractivity contribution in [3.63, 3.8) is 0 Å². The molecule has 41 valence electrons. The molecule has 1 N–H and O–H groups in total. The maximum atomic E-state index is 8.76. The fourth-order valence-electron chi connectivity index (χ4n) is 0.606. The van der Waals surface area contributed by atoms with Crippen LogP contribution in [0.25, 0.3) is 0 Å². The lowest BCUT2D eigenvalue weighted by Crippen LogP contribution is -2.18. The Morgan fingerprint density at radius 3 is 2.86 bits per heavy atom. The molecule has 0 aromatic carbocycles. The van der Waals surface area contributed by atoms with E-state index in [2.05, 4.69) is 0 Å². The minimum absolute atomic E-state index is 0.218. The first-order valence-electron chi connectivity index (χ1n) is 2.51. The molecule has 1 aliphatic heterocycles. The molecule has 2 heteroatoms. The summed E-state index contributed by atoms with van der Waals surface area (Å²) in [6.45, 7) is 2.23. The van der Waals surface area contributed by atoms with Gasteiger partial charge in [-0.2, -0.15) is 0 Å². The van der Waals surface area contributed by atoms with Crippen molar-refractivity contribution in [1.82, 2.24) is 0 Å². The summed E-state index contributed by atoms with van der Waals surface area (Å²) < 4.78 is 4.81. The van der Waals surface area contributed by atoms with E-state index in [0.29, 0.717) is 6.61 Å². The summed E-state index contributed by atoms with van der Waals surface area (Å²) in [7, 11) is 0. The molecule has 1 heterocycles. The van der Waals surface area contributed by atoms with Gasteiger partial charge < -0.3 is 9.84 Å². The van der Waals surface area contributed by atoms with E-state index >= 15 is 0 Å². The molecule has 1 atom stereocenters. The molecule has 0 saturated carbocycles. The molecule has 0 aromatic heterocycles. The lowest BCUT2D eigenvalue weighted by molar-refractivity contribution is 0.0270. The Hall–Kier alpha value is -0.0800. The average molecular weight is 101 g/mol. The van der Waals surface area contributed by atoms with Crippen molar-refractivity contribution in [3.8, 4) is 0 Å². The maximum Gasteiger partial charge on any atom is 0.0839 e. The van der Waals surface area contributed by atoms with Gasteiger partial charge in [0.15, 0.2) is 0 Å². The first-order valence-corrected chi connectivity index (χ1v) is 2.51. The van der Waals surface area contributed by atoms with Gasteiger partial charge in [-0.25, -0.2) is 0 Å². The summed E-state index contributed by atoms with van der Waals surface area (Å²) in [6.07, 6.45) is 1.53. The molecule has 0 aliphatic carbocycles. The van der Waals surface area contributed by atoms with Gasteiger partial charge in [-0.05, 0) is 12.8 Å². The van der Waals surface area contributed by atoms with E-state index in [-0.39, 0.29) is 6.10 Å². The molecule has 1 radical (unpaired) electrons. The van der Waals surface area contributed by atoms with E-state index in [4.69, 9.17) is 9.84 Å². The fourth-order valence-corrected chi connectivity index (χ4v) is 0.606. The molecule has 0 amide bonds. The van der Waals surface area contributed by atoms with E-state index in [9.17, 15) is 0 Å². The third-order valence-corrected chi connectivity index (χ3v) is 1.02. The van der Waals surface area contributed by atoms with Crippen molar-refractivity contribution < 1.29 is 9.84 Å². The number of aliphatic hydroxyl groups excluding tert-OH is 1. The van der Waals surface area contributed by atoms with Crippen LogP contribution in [0.1, 0.15) is 12.8 Å². The second-order valence-electron chi connectivity index (χ2n) is 1.73. The van der Waals surface area contributed by atoms with Gasteiger partial charge in [0, 0.05) is 0 Å². The monoisotopic (exact) mass is 101 g/mol. The van der Waals surface area contributed by atoms with Gasteiger partial charge in [-0.15, -0.1) is 0 Å². The molecule has 2 nitrogen and oxygen atoms in total. The van der Waals surface area contributed by atoms with E-state index in [1.807, 2.05) is 0 Å². The summed E-state index contributed by atoms with van der Waals surface area (Å²) >= 11 is 0. The largest absolute Gasteiger partial charge is 0.391 e. The van der Waals surface area contributed by atoms with Gasteiger partial charge >= 0.3 is 0 Å². The van der Waals surface area contributed by atoms with Gasteiger partial charge in [0.1, 0.15) is 0 Å². The molecular formula is C5H9O2. The molecule has 1 saturated heterocycles. The van der Waals surface area contributed by atoms with Crippen LogP contribution in [-0.4, -0.2) is 17.8 Å². The first kappa shape index (κ1) is 5.06. The maximum absolute atomic E-state index is 8.76. The van der Waals surface area contributed by atoms with Crippen LogP contribution in [0.3, 0.4) is 0 Å². The summed E-state index contributed by atoms with van der Waals surface area (Å²) in [4.78, 5) is 0. The lowest BCUT2D eigenvalue weighted by atomic mass is 10.2. The molecular weight excluding hydrogens is 92.1 g/mol. The normalized spacial score (nSPS) is 33.0. The van der Waals surface area contributed by atoms with Crippen LogP contribution in [-0.2, 0) is 4.74 Å². The highest BCUT2D eigenvalue weighted by Gasteiger charge is 2.08. The quantitative estimate of drug-likeness (QED) is 0.476. The number of rotatable bonds is 0. The minimum Gasteiger partial charge on any atom is -0.391 e. The molecule has 0 aromatic rings. The van der Waals surface area contributed by atoms with Crippen LogP contribution in [0, 0.1) is 6.61 Å². The summed E-state index contributed by atoms with van der Waals surface area (Å²) in [5, 5.41) is 8.76. The zero-order valence-electron chi connectivity index (χ0n) is 4.13. The molecule has 0 bridgehead atoms. The van der Waals surface area contributed by atoms with Gasteiger partial charge in [0.2, 0.25) is 0 Å². The van der Waals surface area contributed by atoms with Crippen LogP contribution >= 0.6 is 0 Å². The predicted molar refractivity (Wildman–Crippen MR) is 25.5 cm³/mol. The summed E-state index contributed by atoms with van der Waals surface area (Å²) in [5.41, 5.74) is 0. The van der Waals surface area contributed by atoms with Crippen LogP contribution in [0.15, 0.2) is 0 Å². The number of ether oxygens (including phenoxy) is 1. The number of aliphatic hydroxyl groups is 1. The van der Waals surface area contributed by atoms with Gasteiger partial charge in [-0.3, -0.25) is 0 Å². The van der Waals surface area contributed by atoms with Crippen LogP contribution < -0.4 is 0 Å². The van der Waals surface area contributed by atoms with Crippen molar-refractivity contribution in [2.75, 3.05) is 6.61 Å². The molecule has 1 rings (SSSR count). The van der Waals surface area contributed by atoms with Crippen molar-refractivity contribution in [2.45, 2.75) is 18.9 Å². The standard InChI is InChI=1S/C5H9O2/c6-5-2-1-3-7-4-5/h3,5-6H,1-2,4H2. The van der Waals surface area contributed by atoms with E-state index in [1.165, 1.54) is 0 Å².